The summed E-state index contributed by atoms with van der Waals surface area (Å²) in [7, 11) is 3.00. The van der Waals surface area contributed by atoms with Gasteiger partial charge in [-0.15, -0.1) is 0 Å². The highest BCUT2D eigenvalue weighted by atomic mass is 19.1. The van der Waals surface area contributed by atoms with Crippen LogP contribution in [0.4, 0.5) is 4.39 Å². The Kier molecular flexibility index (Phi) is 6.14. The molecule has 168 valence electrons. The summed E-state index contributed by atoms with van der Waals surface area (Å²) in [5.41, 5.74) is 0.752. The van der Waals surface area contributed by atoms with Crippen molar-refractivity contribution in [2.45, 2.75) is 25.0 Å². The van der Waals surface area contributed by atoms with E-state index in [0.29, 0.717) is 23.7 Å². The van der Waals surface area contributed by atoms with E-state index in [9.17, 15) is 19.1 Å². The van der Waals surface area contributed by atoms with Crippen LogP contribution < -0.4 is 9.47 Å². The average Bonchev–Trinajstić information content (AvgIpc) is 3.41. The molecule has 1 N–H and O–H groups in total. The number of aliphatic hydroxyl groups is 1. The second-order valence-corrected chi connectivity index (χ2v) is 7.71. The van der Waals surface area contributed by atoms with Crippen molar-refractivity contribution in [2.75, 3.05) is 27.4 Å². The molecule has 0 unspecified atom stereocenters. The molecular weight excluding hydrogens is 417 g/mol. The zero-order chi connectivity index (χ0) is 22.8. The van der Waals surface area contributed by atoms with Crippen LogP contribution in [0.2, 0.25) is 0 Å². The Hall–Kier alpha value is -3.39. The van der Waals surface area contributed by atoms with Crippen molar-refractivity contribution in [3.8, 4) is 11.5 Å². The van der Waals surface area contributed by atoms with Gasteiger partial charge in [0.1, 0.15) is 11.6 Å². The monoisotopic (exact) mass is 441 g/mol. The van der Waals surface area contributed by atoms with E-state index in [4.69, 9.17) is 14.2 Å². The highest BCUT2D eigenvalue weighted by Crippen LogP contribution is 2.42. The molecule has 2 aliphatic rings. The average molecular weight is 441 g/mol. The summed E-state index contributed by atoms with van der Waals surface area (Å²) in [6.07, 6.45) is 1.46. The number of Topliss-reactive ketones (excluding diaryl/α,β-unsaturated/α-hetero) is 1. The van der Waals surface area contributed by atoms with Crippen molar-refractivity contribution in [3.05, 3.63) is 65.0 Å². The van der Waals surface area contributed by atoms with Crippen LogP contribution in [0, 0.1) is 5.82 Å². The predicted molar refractivity (Wildman–Crippen MR) is 114 cm³/mol. The molecule has 2 aliphatic heterocycles. The van der Waals surface area contributed by atoms with Gasteiger partial charge in [-0.1, -0.05) is 6.07 Å². The number of likely N-dealkylation sites (tertiary alicyclic amines) is 1. The summed E-state index contributed by atoms with van der Waals surface area (Å²) in [6, 6.07) is 9.32. The van der Waals surface area contributed by atoms with Crippen LogP contribution in [0.15, 0.2) is 48.0 Å². The summed E-state index contributed by atoms with van der Waals surface area (Å²) in [4.78, 5) is 27.5. The number of nitrogens with zero attached hydrogens (tertiary/aromatic N) is 1. The molecule has 2 fully saturated rings. The van der Waals surface area contributed by atoms with Crippen LogP contribution in [0.25, 0.3) is 5.76 Å². The third kappa shape index (κ3) is 3.93. The first-order chi connectivity index (χ1) is 15.4. The SMILES string of the molecule is COc1ccc([C@@H]2C(=C(O)c3ccc(F)cc3)C(=O)C(=O)N2C[C@H]2CCCO2)cc1OC. The Morgan fingerprint density at radius 1 is 1.12 bits per heavy atom. The van der Waals surface area contributed by atoms with Crippen molar-refractivity contribution in [1.82, 2.24) is 4.90 Å². The number of benzene rings is 2. The van der Waals surface area contributed by atoms with Gasteiger partial charge in [0.05, 0.1) is 31.9 Å². The van der Waals surface area contributed by atoms with Gasteiger partial charge >= 0.3 is 0 Å². The number of ether oxygens (including phenoxy) is 3. The van der Waals surface area contributed by atoms with Gasteiger partial charge in [-0.05, 0) is 54.8 Å². The van der Waals surface area contributed by atoms with E-state index in [1.807, 2.05) is 0 Å². The van der Waals surface area contributed by atoms with Crippen molar-refractivity contribution in [2.24, 2.45) is 0 Å². The fourth-order valence-electron chi connectivity index (χ4n) is 4.21. The molecule has 2 atom stereocenters. The minimum Gasteiger partial charge on any atom is -0.507 e. The van der Waals surface area contributed by atoms with Crippen molar-refractivity contribution < 1.29 is 33.3 Å². The lowest BCUT2D eigenvalue weighted by atomic mass is 9.94. The molecule has 2 saturated heterocycles. The summed E-state index contributed by atoms with van der Waals surface area (Å²) in [5, 5.41) is 11.0. The minimum atomic E-state index is -0.857. The molecule has 1 amide bonds. The fraction of sp³-hybridized carbons (Fsp3) is 0.333. The smallest absolute Gasteiger partial charge is 0.295 e. The molecule has 2 heterocycles. The summed E-state index contributed by atoms with van der Waals surface area (Å²) in [5.74, 6) is -1.44. The fourth-order valence-corrected chi connectivity index (χ4v) is 4.21. The van der Waals surface area contributed by atoms with E-state index in [-0.39, 0.29) is 29.5 Å². The number of hydrogen-bond acceptors (Lipinski definition) is 6. The highest BCUT2D eigenvalue weighted by Gasteiger charge is 2.47. The maximum atomic E-state index is 13.4. The molecular formula is C24H24FNO6. The number of hydrogen-bond donors (Lipinski definition) is 1. The molecule has 8 heteroatoms. The van der Waals surface area contributed by atoms with Gasteiger partial charge in [-0.2, -0.15) is 0 Å². The van der Waals surface area contributed by atoms with Gasteiger partial charge in [0.25, 0.3) is 11.7 Å². The summed E-state index contributed by atoms with van der Waals surface area (Å²) in [6.45, 7) is 0.814. The molecule has 7 nitrogen and oxygen atoms in total. The molecule has 0 saturated carbocycles. The zero-order valence-electron chi connectivity index (χ0n) is 17.8. The number of carbonyl (C=O) groups is 2. The third-order valence-electron chi connectivity index (χ3n) is 5.81. The Balaban J connectivity index is 1.85. The molecule has 2 aromatic carbocycles. The summed E-state index contributed by atoms with van der Waals surface area (Å²) < 4.78 is 29.8. The van der Waals surface area contributed by atoms with Crippen LogP contribution in [-0.4, -0.2) is 55.2 Å². The summed E-state index contributed by atoms with van der Waals surface area (Å²) >= 11 is 0. The molecule has 0 aliphatic carbocycles. The number of ketones is 1. The third-order valence-corrected chi connectivity index (χ3v) is 5.81. The van der Waals surface area contributed by atoms with Crippen molar-refractivity contribution >= 4 is 17.4 Å². The number of carbonyl (C=O) groups excluding carboxylic acids is 2. The minimum absolute atomic E-state index is 0.0631. The number of halogens is 1. The van der Waals surface area contributed by atoms with Gasteiger partial charge in [0.15, 0.2) is 11.5 Å². The normalized spacial score (nSPS) is 22.4. The van der Waals surface area contributed by atoms with E-state index >= 15 is 0 Å². The number of methoxy groups -OCH3 is 2. The number of rotatable bonds is 6. The topological polar surface area (TPSA) is 85.3 Å². The second kappa shape index (κ2) is 9.00. The molecule has 4 rings (SSSR count). The Morgan fingerprint density at radius 3 is 2.47 bits per heavy atom. The Labute approximate surface area is 185 Å². The zero-order valence-corrected chi connectivity index (χ0v) is 17.8. The Morgan fingerprint density at radius 2 is 1.84 bits per heavy atom. The maximum absolute atomic E-state index is 13.4. The molecule has 0 radical (unpaired) electrons. The van der Waals surface area contributed by atoms with E-state index in [0.717, 1.165) is 12.8 Å². The lowest BCUT2D eigenvalue weighted by Gasteiger charge is -2.28. The van der Waals surface area contributed by atoms with Crippen molar-refractivity contribution in [1.29, 1.82) is 0 Å². The quantitative estimate of drug-likeness (QED) is 0.420. The standard InChI is InChI=1S/C24H24FNO6/c1-30-18-10-7-15(12-19(18)31-2)21-20(22(27)14-5-8-16(25)9-6-14)23(28)24(29)26(21)13-17-4-3-11-32-17/h5-10,12,17,21,27H,3-4,11,13H2,1-2H3/t17-,21-/m1/s1. The first kappa shape index (κ1) is 21.8. The molecule has 2 aromatic rings. The van der Waals surface area contributed by atoms with E-state index in [1.165, 1.54) is 43.4 Å². The molecule has 0 spiro atoms. The number of amides is 1. The molecule has 0 aromatic heterocycles. The molecule has 0 bridgehead atoms. The van der Waals surface area contributed by atoms with E-state index in [2.05, 4.69) is 0 Å². The van der Waals surface area contributed by atoms with E-state index < -0.39 is 23.5 Å². The van der Waals surface area contributed by atoms with Gasteiger partial charge in [-0.25, -0.2) is 4.39 Å². The van der Waals surface area contributed by atoms with Gasteiger partial charge in [0.2, 0.25) is 0 Å². The van der Waals surface area contributed by atoms with E-state index in [1.54, 1.807) is 18.2 Å². The van der Waals surface area contributed by atoms with Crippen LogP contribution >= 0.6 is 0 Å². The van der Waals surface area contributed by atoms with Gasteiger partial charge < -0.3 is 24.2 Å². The van der Waals surface area contributed by atoms with Gasteiger partial charge in [-0.3, -0.25) is 9.59 Å². The van der Waals surface area contributed by atoms with Crippen LogP contribution in [0.3, 0.4) is 0 Å². The highest BCUT2D eigenvalue weighted by molar-refractivity contribution is 6.46. The molecule has 32 heavy (non-hydrogen) atoms. The lowest BCUT2D eigenvalue weighted by Crippen LogP contribution is -2.36. The predicted octanol–water partition coefficient (Wildman–Crippen LogP) is 3.44. The van der Waals surface area contributed by atoms with Crippen molar-refractivity contribution in [3.63, 3.8) is 0 Å². The first-order valence-electron chi connectivity index (χ1n) is 10.3. The first-order valence-corrected chi connectivity index (χ1v) is 10.3. The Bertz CT molecular complexity index is 1060. The van der Waals surface area contributed by atoms with Crippen LogP contribution in [0.5, 0.6) is 11.5 Å². The van der Waals surface area contributed by atoms with Crippen LogP contribution in [-0.2, 0) is 14.3 Å². The lowest BCUT2D eigenvalue weighted by molar-refractivity contribution is -0.140. The number of aliphatic hydroxyl groups excluding tert-OH is 1. The van der Waals surface area contributed by atoms with Crippen LogP contribution in [0.1, 0.15) is 30.0 Å². The van der Waals surface area contributed by atoms with Gasteiger partial charge in [0, 0.05) is 18.7 Å². The largest absolute Gasteiger partial charge is 0.507 e. The second-order valence-electron chi connectivity index (χ2n) is 7.71. The maximum Gasteiger partial charge on any atom is 0.295 e.